The Labute approximate surface area is 213 Å². The number of carbonyl (C=O) groups is 1. The summed E-state index contributed by atoms with van der Waals surface area (Å²) in [7, 11) is 1.69. The van der Waals surface area contributed by atoms with Gasteiger partial charge in [-0.2, -0.15) is 10.2 Å². The maximum absolute atomic E-state index is 11.3. The van der Waals surface area contributed by atoms with E-state index in [9.17, 15) is 9.90 Å². The van der Waals surface area contributed by atoms with Crippen molar-refractivity contribution < 1.29 is 14.6 Å². The molecule has 4 rings (SSSR count). The lowest BCUT2D eigenvalue weighted by Gasteiger charge is -2.39. The van der Waals surface area contributed by atoms with Gasteiger partial charge in [0, 0.05) is 30.7 Å². The molecule has 7 nitrogen and oxygen atoms in total. The number of hydrogen-bond donors (Lipinski definition) is 1. The maximum atomic E-state index is 11.3. The molecule has 0 saturated carbocycles. The quantitative estimate of drug-likeness (QED) is 0.330. The first-order chi connectivity index (χ1) is 17.6. The van der Waals surface area contributed by atoms with Crippen molar-refractivity contribution in [1.29, 1.82) is 0 Å². The van der Waals surface area contributed by atoms with Crippen molar-refractivity contribution in [2.75, 3.05) is 26.7 Å². The lowest BCUT2D eigenvalue weighted by atomic mass is 9.79. The van der Waals surface area contributed by atoms with Gasteiger partial charge in [0.2, 0.25) is 0 Å². The van der Waals surface area contributed by atoms with E-state index in [2.05, 4.69) is 32.2 Å². The van der Waals surface area contributed by atoms with E-state index in [1.165, 1.54) is 11.1 Å². The van der Waals surface area contributed by atoms with Crippen LogP contribution in [0.25, 0.3) is 10.9 Å². The fraction of sp³-hybridized carbons (Fsp3) is 0.517. The van der Waals surface area contributed by atoms with E-state index in [1.54, 1.807) is 13.3 Å². The van der Waals surface area contributed by atoms with Gasteiger partial charge in [0.25, 0.3) is 0 Å². The standard InChI is InChI=1S/C29H38N4O3/c1-36-26-9-10-28-27(19-26)24(13-15-30-28)7-4-6-23-14-18-33(21-25(23)8-11-29(34)35)17-3-2-5-22-12-16-31-32-20-22/h9-10,12-13,15-16,19-20,23,25H,2-8,11,14,17-18,21H2,1H3,(H,34,35)/t23-,25+/m1/s1. The molecule has 0 bridgehead atoms. The first-order valence-corrected chi connectivity index (χ1v) is 13.2. The second-order valence-electron chi connectivity index (χ2n) is 10.00. The molecule has 0 unspecified atom stereocenters. The van der Waals surface area contributed by atoms with Crippen LogP contribution in [0.5, 0.6) is 5.75 Å². The first kappa shape index (κ1) is 26.0. The second kappa shape index (κ2) is 13.3. The third-order valence-electron chi connectivity index (χ3n) is 7.60. The van der Waals surface area contributed by atoms with Crippen LogP contribution < -0.4 is 4.74 Å². The first-order valence-electron chi connectivity index (χ1n) is 13.2. The average Bonchev–Trinajstić information content (AvgIpc) is 2.91. The molecule has 0 spiro atoms. The van der Waals surface area contributed by atoms with E-state index in [1.807, 2.05) is 30.6 Å². The van der Waals surface area contributed by atoms with Crippen molar-refractivity contribution in [1.82, 2.24) is 20.1 Å². The second-order valence-corrected chi connectivity index (χ2v) is 10.00. The predicted molar refractivity (Wildman–Crippen MR) is 141 cm³/mol. The van der Waals surface area contributed by atoms with E-state index in [4.69, 9.17) is 4.74 Å². The zero-order chi connectivity index (χ0) is 25.2. The lowest BCUT2D eigenvalue weighted by molar-refractivity contribution is -0.137. The molecule has 1 aliphatic rings. The summed E-state index contributed by atoms with van der Waals surface area (Å²) in [6.07, 6.45) is 14.2. The predicted octanol–water partition coefficient (Wildman–Crippen LogP) is 5.18. The molecule has 1 aromatic carbocycles. The molecule has 0 amide bonds. The smallest absolute Gasteiger partial charge is 0.303 e. The highest BCUT2D eigenvalue weighted by Crippen LogP contribution is 2.32. The Kier molecular flexibility index (Phi) is 9.61. The van der Waals surface area contributed by atoms with Gasteiger partial charge in [-0.25, -0.2) is 0 Å². The number of likely N-dealkylation sites (tertiary alicyclic amines) is 1. The van der Waals surface area contributed by atoms with Crippen LogP contribution in [0.3, 0.4) is 0 Å². The Morgan fingerprint density at radius 1 is 1.06 bits per heavy atom. The van der Waals surface area contributed by atoms with Crippen molar-refractivity contribution in [3.05, 3.63) is 60.0 Å². The number of rotatable bonds is 13. The zero-order valence-electron chi connectivity index (χ0n) is 21.3. The summed E-state index contributed by atoms with van der Waals surface area (Å²) >= 11 is 0. The third-order valence-corrected chi connectivity index (χ3v) is 7.60. The molecule has 1 saturated heterocycles. The van der Waals surface area contributed by atoms with E-state index in [0.717, 1.165) is 87.7 Å². The Morgan fingerprint density at radius 2 is 1.97 bits per heavy atom. The number of hydrogen-bond acceptors (Lipinski definition) is 6. The number of methoxy groups -OCH3 is 1. The van der Waals surface area contributed by atoms with E-state index in [0.29, 0.717) is 11.8 Å². The Morgan fingerprint density at radius 3 is 2.78 bits per heavy atom. The van der Waals surface area contributed by atoms with Gasteiger partial charge in [-0.15, -0.1) is 0 Å². The number of unbranched alkanes of at least 4 members (excludes halogenated alkanes) is 1. The van der Waals surface area contributed by atoms with Gasteiger partial charge in [-0.1, -0.05) is 0 Å². The molecular weight excluding hydrogens is 452 g/mol. The van der Waals surface area contributed by atoms with Crippen LogP contribution in [0.2, 0.25) is 0 Å². The summed E-state index contributed by atoms with van der Waals surface area (Å²) in [6, 6.07) is 10.2. The van der Waals surface area contributed by atoms with Gasteiger partial charge in [0.05, 0.1) is 18.8 Å². The number of pyridine rings is 1. The summed E-state index contributed by atoms with van der Waals surface area (Å²) in [6.45, 7) is 3.21. The van der Waals surface area contributed by atoms with Crippen LogP contribution in [0.4, 0.5) is 0 Å². The number of aryl methyl sites for hydroxylation is 2. The van der Waals surface area contributed by atoms with Crippen molar-refractivity contribution in [3.63, 3.8) is 0 Å². The monoisotopic (exact) mass is 490 g/mol. The minimum atomic E-state index is -0.686. The Balaban J connectivity index is 1.28. The summed E-state index contributed by atoms with van der Waals surface area (Å²) in [5, 5.41) is 18.3. The molecule has 2 atom stereocenters. The topological polar surface area (TPSA) is 88.4 Å². The minimum absolute atomic E-state index is 0.263. The normalized spacial score (nSPS) is 18.4. The fourth-order valence-electron chi connectivity index (χ4n) is 5.59. The molecule has 36 heavy (non-hydrogen) atoms. The molecule has 192 valence electrons. The van der Waals surface area contributed by atoms with Crippen LogP contribution in [-0.2, 0) is 17.6 Å². The maximum Gasteiger partial charge on any atom is 0.303 e. The molecule has 0 aliphatic carbocycles. The number of carboxylic acid groups (broad SMARTS) is 1. The Bertz CT molecular complexity index is 1110. The highest BCUT2D eigenvalue weighted by molar-refractivity contribution is 5.83. The van der Waals surface area contributed by atoms with Crippen LogP contribution in [0.15, 0.2) is 48.9 Å². The zero-order valence-corrected chi connectivity index (χ0v) is 21.3. The minimum Gasteiger partial charge on any atom is -0.497 e. The highest BCUT2D eigenvalue weighted by Gasteiger charge is 2.29. The number of aromatic nitrogens is 3. The molecule has 7 heteroatoms. The fourth-order valence-corrected chi connectivity index (χ4v) is 5.59. The van der Waals surface area contributed by atoms with Crippen LogP contribution in [0.1, 0.15) is 56.1 Å². The highest BCUT2D eigenvalue weighted by atomic mass is 16.5. The van der Waals surface area contributed by atoms with Gasteiger partial charge < -0.3 is 14.7 Å². The third kappa shape index (κ3) is 7.47. The van der Waals surface area contributed by atoms with Crippen LogP contribution in [-0.4, -0.2) is 57.9 Å². The van der Waals surface area contributed by atoms with E-state index < -0.39 is 5.97 Å². The van der Waals surface area contributed by atoms with Crippen molar-refractivity contribution in [3.8, 4) is 5.75 Å². The van der Waals surface area contributed by atoms with Crippen LogP contribution in [0, 0.1) is 11.8 Å². The molecule has 1 N–H and O–H groups in total. The molecular formula is C29H38N4O3. The van der Waals surface area contributed by atoms with Crippen molar-refractivity contribution in [2.24, 2.45) is 11.8 Å². The van der Waals surface area contributed by atoms with Gasteiger partial charge in [-0.05, 0) is 118 Å². The average molecular weight is 491 g/mol. The molecule has 1 aliphatic heterocycles. The van der Waals surface area contributed by atoms with Gasteiger partial charge in [-0.3, -0.25) is 9.78 Å². The summed E-state index contributed by atoms with van der Waals surface area (Å²) in [5.74, 6) is 1.21. The molecule has 0 radical (unpaired) electrons. The van der Waals surface area contributed by atoms with E-state index >= 15 is 0 Å². The number of aliphatic carboxylic acids is 1. The largest absolute Gasteiger partial charge is 0.497 e. The SMILES string of the molecule is COc1ccc2nccc(CCC[C@@H]3CCN(CCCCc4ccnnc4)C[C@@H]3CCC(=O)O)c2c1. The van der Waals surface area contributed by atoms with Gasteiger partial charge >= 0.3 is 5.97 Å². The Hall–Kier alpha value is -3.06. The number of carboxylic acids is 1. The van der Waals surface area contributed by atoms with Gasteiger partial charge in [0.15, 0.2) is 0 Å². The van der Waals surface area contributed by atoms with Crippen molar-refractivity contribution >= 4 is 16.9 Å². The van der Waals surface area contributed by atoms with E-state index in [-0.39, 0.29) is 6.42 Å². The number of fused-ring (bicyclic) bond motifs is 1. The van der Waals surface area contributed by atoms with Crippen molar-refractivity contribution in [2.45, 2.75) is 57.8 Å². The lowest BCUT2D eigenvalue weighted by Crippen LogP contribution is -2.41. The van der Waals surface area contributed by atoms with Crippen LogP contribution >= 0.6 is 0 Å². The molecule has 3 aromatic rings. The molecule has 2 aromatic heterocycles. The summed E-state index contributed by atoms with van der Waals surface area (Å²) < 4.78 is 5.42. The summed E-state index contributed by atoms with van der Waals surface area (Å²) in [5.41, 5.74) is 3.55. The molecule has 3 heterocycles. The molecule has 1 fully saturated rings. The number of piperidine rings is 1. The summed E-state index contributed by atoms with van der Waals surface area (Å²) in [4.78, 5) is 18.4. The number of nitrogens with zero attached hydrogens (tertiary/aromatic N) is 4. The number of ether oxygens (including phenoxy) is 1. The van der Waals surface area contributed by atoms with Gasteiger partial charge in [0.1, 0.15) is 5.75 Å². The number of benzene rings is 1.